The predicted molar refractivity (Wildman–Crippen MR) is 65.6 cm³/mol. The summed E-state index contributed by atoms with van der Waals surface area (Å²) < 4.78 is 4.79. The van der Waals surface area contributed by atoms with Crippen molar-refractivity contribution in [1.29, 1.82) is 0 Å². The standard InChI is InChI=1S/C12H18N2O3/c1-10-5-3-4-6-11(10)14-12(15)9-13-17-8-7-16-2/h3-6,13H,7-9H2,1-2H3,(H,14,15). The molecule has 0 radical (unpaired) electrons. The Morgan fingerprint density at radius 3 is 2.76 bits per heavy atom. The van der Waals surface area contributed by atoms with Crippen LogP contribution in [-0.2, 0) is 14.4 Å². The topological polar surface area (TPSA) is 59.6 Å². The Labute approximate surface area is 101 Å². The van der Waals surface area contributed by atoms with Crippen LogP contribution in [0.25, 0.3) is 0 Å². The highest BCUT2D eigenvalue weighted by molar-refractivity contribution is 5.92. The molecule has 1 rings (SSSR count). The van der Waals surface area contributed by atoms with Crippen LogP contribution in [0, 0.1) is 6.92 Å². The van der Waals surface area contributed by atoms with Crippen LogP contribution in [0.5, 0.6) is 0 Å². The molecule has 5 nitrogen and oxygen atoms in total. The third kappa shape index (κ3) is 5.44. The average molecular weight is 238 g/mol. The van der Waals surface area contributed by atoms with E-state index in [1.807, 2.05) is 31.2 Å². The Balaban J connectivity index is 2.23. The van der Waals surface area contributed by atoms with Crippen LogP contribution in [0.4, 0.5) is 5.69 Å². The fraction of sp³-hybridized carbons (Fsp3) is 0.417. The molecule has 2 N–H and O–H groups in total. The third-order valence-corrected chi connectivity index (χ3v) is 2.14. The minimum Gasteiger partial charge on any atom is -0.382 e. The first kappa shape index (κ1) is 13.6. The van der Waals surface area contributed by atoms with Gasteiger partial charge in [-0.2, -0.15) is 5.48 Å². The summed E-state index contributed by atoms with van der Waals surface area (Å²) in [4.78, 5) is 16.5. The lowest BCUT2D eigenvalue weighted by Crippen LogP contribution is -2.29. The van der Waals surface area contributed by atoms with Crippen molar-refractivity contribution in [2.45, 2.75) is 6.92 Å². The number of anilines is 1. The van der Waals surface area contributed by atoms with Gasteiger partial charge in [-0.3, -0.25) is 9.63 Å². The van der Waals surface area contributed by atoms with Crippen LogP contribution in [-0.4, -0.2) is 32.8 Å². The van der Waals surface area contributed by atoms with Crippen LogP contribution >= 0.6 is 0 Å². The summed E-state index contributed by atoms with van der Waals surface area (Å²) in [5, 5.41) is 2.79. The van der Waals surface area contributed by atoms with E-state index in [2.05, 4.69) is 10.8 Å². The summed E-state index contributed by atoms with van der Waals surface area (Å²) >= 11 is 0. The van der Waals surface area contributed by atoms with E-state index >= 15 is 0 Å². The Morgan fingerprint density at radius 2 is 2.06 bits per heavy atom. The van der Waals surface area contributed by atoms with Crippen LogP contribution in [0.3, 0.4) is 0 Å². The van der Waals surface area contributed by atoms with E-state index in [4.69, 9.17) is 9.57 Å². The predicted octanol–water partition coefficient (Wildman–Crippen LogP) is 1.10. The lowest BCUT2D eigenvalue weighted by molar-refractivity contribution is -0.118. The molecule has 0 aromatic heterocycles. The third-order valence-electron chi connectivity index (χ3n) is 2.14. The number of nitrogens with one attached hydrogen (secondary N) is 2. The quantitative estimate of drug-likeness (QED) is 0.551. The highest BCUT2D eigenvalue weighted by Crippen LogP contribution is 2.12. The van der Waals surface area contributed by atoms with Crippen molar-refractivity contribution in [2.75, 3.05) is 32.2 Å². The Bertz CT molecular complexity index is 355. The number of hydrogen-bond acceptors (Lipinski definition) is 4. The fourth-order valence-electron chi connectivity index (χ4n) is 1.22. The van der Waals surface area contributed by atoms with Crippen molar-refractivity contribution in [3.8, 4) is 0 Å². The van der Waals surface area contributed by atoms with Crippen molar-refractivity contribution in [3.05, 3.63) is 29.8 Å². The van der Waals surface area contributed by atoms with E-state index in [-0.39, 0.29) is 12.5 Å². The number of benzene rings is 1. The molecule has 94 valence electrons. The molecule has 0 fully saturated rings. The lowest BCUT2D eigenvalue weighted by atomic mass is 10.2. The molecule has 0 heterocycles. The molecular formula is C12H18N2O3. The Morgan fingerprint density at radius 1 is 1.29 bits per heavy atom. The zero-order valence-electron chi connectivity index (χ0n) is 10.2. The summed E-state index contributed by atoms with van der Waals surface area (Å²) in [5.41, 5.74) is 4.41. The maximum Gasteiger partial charge on any atom is 0.240 e. The van der Waals surface area contributed by atoms with Gasteiger partial charge in [-0.1, -0.05) is 18.2 Å². The molecule has 0 saturated carbocycles. The van der Waals surface area contributed by atoms with Crippen molar-refractivity contribution < 1.29 is 14.4 Å². The van der Waals surface area contributed by atoms with Crippen molar-refractivity contribution in [1.82, 2.24) is 5.48 Å². The van der Waals surface area contributed by atoms with Gasteiger partial charge in [0.15, 0.2) is 0 Å². The molecule has 17 heavy (non-hydrogen) atoms. The number of aryl methyl sites for hydroxylation is 1. The smallest absolute Gasteiger partial charge is 0.240 e. The number of carbonyl (C=O) groups excluding carboxylic acids is 1. The zero-order valence-corrected chi connectivity index (χ0v) is 10.2. The van der Waals surface area contributed by atoms with Gasteiger partial charge in [-0.05, 0) is 18.6 Å². The molecule has 0 unspecified atom stereocenters. The highest BCUT2D eigenvalue weighted by Gasteiger charge is 2.03. The molecule has 0 saturated heterocycles. The lowest BCUT2D eigenvalue weighted by Gasteiger charge is -2.08. The number of para-hydroxylation sites is 1. The van der Waals surface area contributed by atoms with E-state index in [0.29, 0.717) is 13.2 Å². The van der Waals surface area contributed by atoms with Crippen molar-refractivity contribution in [3.63, 3.8) is 0 Å². The number of hydroxylamine groups is 1. The molecule has 0 aliphatic heterocycles. The molecule has 1 aromatic rings. The van der Waals surface area contributed by atoms with Crippen LogP contribution < -0.4 is 10.8 Å². The second-order valence-electron chi connectivity index (χ2n) is 3.53. The van der Waals surface area contributed by atoms with Crippen molar-refractivity contribution in [2.24, 2.45) is 0 Å². The molecule has 5 heteroatoms. The summed E-state index contributed by atoms with van der Waals surface area (Å²) in [6.45, 7) is 2.96. The minimum atomic E-state index is -0.142. The number of ether oxygens (including phenoxy) is 1. The minimum absolute atomic E-state index is 0.109. The van der Waals surface area contributed by atoms with Crippen LogP contribution in [0.15, 0.2) is 24.3 Å². The van der Waals surface area contributed by atoms with E-state index in [9.17, 15) is 4.79 Å². The van der Waals surface area contributed by atoms with E-state index < -0.39 is 0 Å². The van der Waals surface area contributed by atoms with Gasteiger partial charge in [0.2, 0.25) is 5.91 Å². The second-order valence-corrected chi connectivity index (χ2v) is 3.53. The van der Waals surface area contributed by atoms with Gasteiger partial charge >= 0.3 is 0 Å². The van der Waals surface area contributed by atoms with E-state index in [1.54, 1.807) is 7.11 Å². The van der Waals surface area contributed by atoms with Crippen molar-refractivity contribution >= 4 is 11.6 Å². The maximum atomic E-state index is 11.5. The number of carbonyl (C=O) groups is 1. The number of hydrogen-bond donors (Lipinski definition) is 2. The van der Waals surface area contributed by atoms with E-state index in [0.717, 1.165) is 11.3 Å². The van der Waals surface area contributed by atoms with E-state index in [1.165, 1.54) is 0 Å². The van der Waals surface area contributed by atoms with Crippen LogP contribution in [0.1, 0.15) is 5.56 Å². The molecule has 0 spiro atoms. The molecule has 0 aliphatic rings. The summed E-state index contributed by atoms with van der Waals surface area (Å²) in [7, 11) is 1.59. The first-order valence-electron chi connectivity index (χ1n) is 5.43. The second kappa shape index (κ2) is 7.78. The Hall–Kier alpha value is -1.43. The largest absolute Gasteiger partial charge is 0.382 e. The normalized spacial score (nSPS) is 10.2. The SMILES string of the molecule is COCCONCC(=O)Nc1ccccc1C. The maximum absolute atomic E-state index is 11.5. The first-order valence-corrected chi connectivity index (χ1v) is 5.43. The van der Waals surface area contributed by atoms with Gasteiger partial charge in [0.25, 0.3) is 0 Å². The molecule has 1 amide bonds. The van der Waals surface area contributed by atoms with Gasteiger partial charge in [0, 0.05) is 12.8 Å². The zero-order chi connectivity index (χ0) is 12.5. The number of methoxy groups -OCH3 is 1. The number of amides is 1. The summed E-state index contributed by atoms with van der Waals surface area (Å²) in [5.74, 6) is -0.142. The summed E-state index contributed by atoms with van der Waals surface area (Å²) in [6, 6.07) is 7.61. The molecule has 0 aliphatic carbocycles. The fourth-order valence-corrected chi connectivity index (χ4v) is 1.22. The van der Waals surface area contributed by atoms with Gasteiger partial charge in [0.05, 0.1) is 13.2 Å². The van der Waals surface area contributed by atoms with Gasteiger partial charge in [0.1, 0.15) is 6.54 Å². The Kier molecular flexibility index (Phi) is 6.24. The van der Waals surface area contributed by atoms with Gasteiger partial charge in [-0.25, -0.2) is 0 Å². The van der Waals surface area contributed by atoms with Gasteiger partial charge < -0.3 is 10.1 Å². The molecule has 1 aromatic carbocycles. The molecular weight excluding hydrogens is 220 g/mol. The highest BCUT2D eigenvalue weighted by atomic mass is 16.7. The average Bonchev–Trinajstić information content (AvgIpc) is 2.32. The van der Waals surface area contributed by atoms with Crippen LogP contribution in [0.2, 0.25) is 0 Å². The first-order chi connectivity index (χ1) is 8.24. The molecule has 0 bridgehead atoms. The molecule has 0 atom stereocenters. The number of rotatable bonds is 7. The monoisotopic (exact) mass is 238 g/mol. The summed E-state index contributed by atoms with van der Waals surface area (Å²) in [6.07, 6.45) is 0. The van der Waals surface area contributed by atoms with Gasteiger partial charge in [-0.15, -0.1) is 0 Å².